The fraction of sp³-hybridized carbons (Fsp3) is 0.474. The van der Waals surface area contributed by atoms with Gasteiger partial charge in [0.05, 0.1) is 13.7 Å². The Morgan fingerprint density at radius 2 is 2.11 bits per heavy atom. The van der Waals surface area contributed by atoms with Crippen LogP contribution < -0.4 is 20.1 Å². The van der Waals surface area contributed by atoms with Crippen molar-refractivity contribution < 1.29 is 9.47 Å². The molecule has 2 N–H and O–H groups in total. The Labute approximate surface area is 178 Å². The van der Waals surface area contributed by atoms with Crippen molar-refractivity contribution in [3.63, 3.8) is 0 Å². The minimum atomic E-state index is 0. The van der Waals surface area contributed by atoms with Gasteiger partial charge < -0.3 is 20.1 Å². The van der Waals surface area contributed by atoms with E-state index in [9.17, 15) is 0 Å². The summed E-state index contributed by atoms with van der Waals surface area (Å²) in [5, 5.41) is 10.8. The summed E-state index contributed by atoms with van der Waals surface area (Å²) >= 11 is 0. The van der Waals surface area contributed by atoms with E-state index in [-0.39, 0.29) is 24.0 Å². The lowest BCUT2D eigenvalue weighted by atomic mass is 10.2. The SMILES string of the molecule is CCCOc1ccc(CNC(=NC)NCCCn2cccn2)cc1OC.I. The highest BCUT2D eigenvalue weighted by molar-refractivity contribution is 14.0. The number of aromatic nitrogens is 2. The lowest BCUT2D eigenvalue weighted by molar-refractivity contribution is 0.294. The van der Waals surface area contributed by atoms with Crippen molar-refractivity contribution in [3.8, 4) is 11.5 Å². The van der Waals surface area contributed by atoms with Crippen LogP contribution in [0.2, 0.25) is 0 Å². The average Bonchev–Trinajstić information content (AvgIpc) is 3.19. The number of nitrogens with zero attached hydrogens (tertiary/aromatic N) is 3. The predicted molar refractivity (Wildman–Crippen MR) is 119 cm³/mol. The normalized spacial score (nSPS) is 10.9. The van der Waals surface area contributed by atoms with Gasteiger partial charge in [-0.15, -0.1) is 24.0 Å². The molecule has 2 rings (SSSR count). The molecule has 0 bridgehead atoms. The highest BCUT2D eigenvalue weighted by atomic mass is 127. The van der Waals surface area contributed by atoms with Crippen LogP contribution in [0.15, 0.2) is 41.7 Å². The first-order valence-electron chi connectivity index (χ1n) is 8.98. The topological polar surface area (TPSA) is 72.7 Å². The van der Waals surface area contributed by atoms with E-state index in [1.807, 2.05) is 35.1 Å². The molecule has 1 aromatic heterocycles. The fourth-order valence-corrected chi connectivity index (χ4v) is 2.44. The molecule has 0 saturated heterocycles. The van der Waals surface area contributed by atoms with E-state index in [0.717, 1.165) is 49.0 Å². The predicted octanol–water partition coefficient (Wildman–Crippen LogP) is 3.05. The lowest BCUT2D eigenvalue weighted by Gasteiger charge is -2.14. The van der Waals surface area contributed by atoms with Crippen molar-refractivity contribution >= 4 is 29.9 Å². The summed E-state index contributed by atoms with van der Waals surface area (Å²) < 4.78 is 13.0. The van der Waals surface area contributed by atoms with E-state index < -0.39 is 0 Å². The van der Waals surface area contributed by atoms with Gasteiger partial charge in [-0.2, -0.15) is 5.10 Å². The molecule has 0 amide bonds. The van der Waals surface area contributed by atoms with Crippen LogP contribution in [0.1, 0.15) is 25.3 Å². The van der Waals surface area contributed by atoms with E-state index in [0.29, 0.717) is 13.2 Å². The van der Waals surface area contributed by atoms with Crippen LogP contribution in [0.5, 0.6) is 11.5 Å². The van der Waals surface area contributed by atoms with E-state index in [1.165, 1.54) is 0 Å². The molecule has 27 heavy (non-hydrogen) atoms. The van der Waals surface area contributed by atoms with Crippen LogP contribution in [-0.4, -0.2) is 43.0 Å². The first-order valence-corrected chi connectivity index (χ1v) is 8.98. The number of nitrogens with one attached hydrogen (secondary N) is 2. The van der Waals surface area contributed by atoms with Crippen LogP contribution in [0.25, 0.3) is 0 Å². The molecule has 0 saturated carbocycles. The Balaban J connectivity index is 0.00000364. The van der Waals surface area contributed by atoms with Crippen LogP contribution >= 0.6 is 24.0 Å². The number of rotatable bonds is 10. The molecule has 150 valence electrons. The molecule has 0 unspecified atom stereocenters. The molecule has 0 atom stereocenters. The molecule has 0 fully saturated rings. The Hall–Kier alpha value is -1.97. The Morgan fingerprint density at radius 3 is 2.78 bits per heavy atom. The molecule has 0 radical (unpaired) electrons. The fourth-order valence-electron chi connectivity index (χ4n) is 2.44. The van der Waals surface area contributed by atoms with Crippen molar-refractivity contribution in [2.75, 3.05) is 27.3 Å². The number of halogens is 1. The third-order valence-corrected chi connectivity index (χ3v) is 3.79. The number of methoxy groups -OCH3 is 1. The first-order chi connectivity index (χ1) is 12.8. The quantitative estimate of drug-likeness (QED) is 0.233. The van der Waals surface area contributed by atoms with Gasteiger partial charge in [-0.1, -0.05) is 13.0 Å². The molecular weight excluding hydrogens is 457 g/mol. The molecule has 1 heterocycles. The number of aryl methyl sites for hydroxylation is 1. The summed E-state index contributed by atoms with van der Waals surface area (Å²) in [6, 6.07) is 7.90. The number of guanidine groups is 1. The maximum atomic E-state index is 5.69. The van der Waals surface area contributed by atoms with Crippen molar-refractivity contribution in [2.45, 2.75) is 32.9 Å². The molecular formula is C19H30IN5O2. The van der Waals surface area contributed by atoms with Crippen molar-refractivity contribution in [3.05, 3.63) is 42.2 Å². The van der Waals surface area contributed by atoms with Crippen molar-refractivity contribution in [1.82, 2.24) is 20.4 Å². The van der Waals surface area contributed by atoms with E-state index in [4.69, 9.17) is 9.47 Å². The van der Waals surface area contributed by atoms with Gasteiger partial charge in [0.25, 0.3) is 0 Å². The van der Waals surface area contributed by atoms with Crippen LogP contribution in [0.4, 0.5) is 0 Å². The van der Waals surface area contributed by atoms with Gasteiger partial charge in [-0.3, -0.25) is 9.67 Å². The minimum absolute atomic E-state index is 0. The van der Waals surface area contributed by atoms with Gasteiger partial charge in [0.1, 0.15) is 0 Å². The van der Waals surface area contributed by atoms with Crippen molar-refractivity contribution in [1.29, 1.82) is 0 Å². The minimum Gasteiger partial charge on any atom is -0.493 e. The second-order valence-corrected chi connectivity index (χ2v) is 5.81. The monoisotopic (exact) mass is 487 g/mol. The number of ether oxygens (including phenoxy) is 2. The maximum Gasteiger partial charge on any atom is 0.191 e. The summed E-state index contributed by atoms with van der Waals surface area (Å²) in [6.07, 6.45) is 5.70. The zero-order valence-electron chi connectivity index (χ0n) is 16.3. The zero-order valence-corrected chi connectivity index (χ0v) is 18.6. The van der Waals surface area contributed by atoms with Gasteiger partial charge in [0, 0.05) is 39.1 Å². The molecule has 0 aliphatic heterocycles. The van der Waals surface area contributed by atoms with Gasteiger partial charge >= 0.3 is 0 Å². The molecule has 0 aliphatic carbocycles. The smallest absolute Gasteiger partial charge is 0.191 e. The Bertz CT molecular complexity index is 677. The van der Waals surface area contributed by atoms with E-state index >= 15 is 0 Å². The van der Waals surface area contributed by atoms with Crippen molar-refractivity contribution in [2.24, 2.45) is 4.99 Å². The number of aliphatic imine (C=N–C) groups is 1. The summed E-state index contributed by atoms with van der Waals surface area (Å²) in [5.74, 6) is 2.30. The first kappa shape index (κ1) is 23.1. The Kier molecular flexibility index (Phi) is 11.3. The molecule has 8 heteroatoms. The number of hydrogen-bond donors (Lipinski definition) is 2. The summed E-state index contributed by atoms with van der Waals surface area (Å²) in [6.45, 7) is 5.13. The summed E-state index contributed by atoms with van der Waals surface area (Å²) in [4.78, 5) is 4.25. The lowest BCUT2D eigenvalue weighted by Crippen LogP contribution is -2.37. The number of hydrogen-bond acceptors (Lipinski definition) is 4. The molecule has 7 nitrogen and oxygen atoms in total. The van der Waals surface area contributed by atoms with E-state index in [1.54, 1.807) is 20.4 Å². The van der Waals surface area contributed by atoms with Gasteiger partial charge in [0.15, 0.2) is 17.5 Å². The standard InChI is InChI=1S/C19H29N5O2.HI/c1-4-13-26-17-8-7-16(14-18(17)25-3)15-22-19(20-2)21-9-5-11-24-12-6-10-23-24;/h6-8,10,12,14H,4-5,9,11,13,15H2,1-3H3,(H2,20,21,22);1H. The third kappa shape index (κ3) is 8.06. The summed E-state index contributed by atoms with van der Waals surface area (Å²) in [5.41, 5.74) is 1.10. The molecule has 0 aliphatic rings. The average molecular weight is 487 g/mol. The highest BCUT2D eigenvalue weighted by Crippen LogP contribution is 2.28. The molecule has 1 aromatic carbocycles. The third-order valence-electron chi connectivity index (χ3n) is 3.79. The maximum absolute atomic E-state index is 5.69. The van der Waals surface area contributed by atoms with Gasteiger partial charge in [0.2, 0.25) is 0 Å². The second-order valence-electron chi connectivity index (χ2n) is 5.81. The second kappa shape index (κ2) is 13.2. The largest absolute Gasteiger partial charge is 0.493 e. The Morgan fingerprint density at radius 1 is 1.26 bits per heavy atom. The molecule has 0 spiro atoms. The molecule has 2 aromatic rings. The van der Waals surface area contributed by atoms with Crippen LogP contribution in [0.3, 0.4) is 0 Å². The zero-order chi connectivity index (χ0) is 18.6. The highest BCUT2D eigenvalue weighted by Gasteiger charge is 2.06. The number of benzene rings is 1. The van der Waals surface area contributed by atoms with Gasteiger partial charge in [-0.05, 0) is 36.6 Å². The van der Waals surface area contributed by atoms with Crippen LogP contribution in [0, 0.1) is 0 Å². The van der Waals surface area contributed by atoms with Gasteiger partial charge in [-0.25, -0.2) is 0 Å². The van der Waals surface area contributed by atoms with Crippen LogP contribution in [-0.2, 0) is 13.1 Å². The van der Waals surface area contributed by atoms with E-state index in [2.05, 4.69) is 27.6 Å². The summed E-state index contributed by atoms with van der Waals surface area (Å²) in [7, 11) is 3.43.